The number of benzene rings is 2. The van der Waals surface area contributed by atoms with Crippen LogP contribution in [0.25, 0.3) is 11.3 Å². The van der Waals surface area contributed by atoms with Crippen molar-refractivity contribution in [1.29, 1.82) is 5.26 Å². The quantitative estimate of drug-likeness (QED) is 0.488. The van der Waals surface area contributed by atoms with Gasteiger partial charge in [0, 0.05) is 16.0 Å². The molecule has 0 atom stereocenters. The molecule has 0 amide bonds. The first-order valence-corrected chi connectivity index (χ1v) is 9.00. The van der Waals surface area contributed by atoms with Gasteiger partial charge in [-0.05, 0) is 36.2 Å². The van der Waals surface area contributed by atoms with Gasteiger partial charge in [0.15, 0.2) is 10.7 Å². The Balaban J connectivity index is 1.78. The molecule has 0 saturated carbocycles. The summed E-state index contributed by atoms with van der Waals surface area (Å²) >= 11 is 7.29. The maximum Gasteiger partial charge on any atom is 0.196 e. The topological polar surface area (TPSA) is 61.1 Å². The Labute approximate surface area is 155 Å². The average molecular weight is 367 g/mol. The van der Waals surface area contributed by atoms with Crippen molar-refractivity contribution in [3.63, 3.8) is 0 Å². The zero-order chi connectivity index (χ0) is 17.6. The zero-order valence-electron chi connectivity index (χ0n) is 13.5. The van der Waals surface area contributed by atoms with Crippen LogP contribution in [0.2, 0.25) is 5.02 Å². The smallest absolute Gasteiger partial charge is 0.196 e. The molecule has 1 heterocycles. The first kappa shape index (κ1) is 17.2. The lowest BCUT2D eigenvalue weighted by Crippen LogP contribution is -2.01. The second kappa shape index (κ2) is 7.93. The van der Waals surface area contributed by atoms with Gasteiger partial charge in [0.05, 0.1) is 11.4 Å². The molecule has 6 heteroatoms. The number of aromatic nitrogens is 1. The van der Waals surface area contributed by atoms with Crippen molar-refractivity contribution in [1.82, 2.24) is 4.98 Å². The monoisotopic (exact) mass is 366 g/mol. The van der Waals surface area contributed by atoms with E-state index in [4.69, 9.17) is 11.6 Å². The highest BCUT2D eigenvalue weighted by Crippen LogP contribution is 2.24. The molecule has 3 rings (SSSR count). The summed E-state index contributed by atoms with van der Waals surface area (Å²) < 4.78 is 0. The molecule has 0 aliphatic heterocycles. The van der Waals surface area contributed by atoms with Crippen molar-refractivity contribution >= 4 is 34.3 Å². The molecule has 0 bridgehead atoms. The molecule has 25 heavy (non-hydrogen) atoms. The van der Waals surface area contributed by atoms with Crippen molar-refractivity contribution < 1.29 is 0 Å². The maximum atomic E-state index is 9.38. The van der Waals surface area contributed by atoms with Gasteiger partial charge >= 0.3 is 0 Å². The number of aryl methyl sites for hydroxylation is 1. The highest BCUT2D eigenvalue weighted by Gasteiger charge is 2.10. The molecular formula is C19H15ClN4S. The lowest BCUT2D eigenvalue weighted by molar-refractivity contribution is 1.14. The molecule has 0 saturated heterocycles. The lowest BCUT2D eigenvalue weighted by atomic mass is 10.2. The largest absolute Gasteiger partial charge is 0.277 e. The van der Waals surface area contributed by atoms with Crippen molar-refractivity contribution in [2.75, 3.05) is 5.43 Å². The summed E-state index contributed by atoms with van der Waals surface area (Å²) in [5.74, 6) is 0. The SMILES string of the molecule is CCc1ccc(N/N=C(\C#N)c2nc(-c3ccc(Cl)cc3)cs2)cc1. The van der Waals surface area contributed by atoms with Crippen LogP contribution in [-0.4, -0.2) is 10.7 Å². The molecule has 4 nitrogen and oxygen atoms in total. The van der Waals surface area contributed by atoms with Gasteiger partial charge in [-0.15, -0.1) is 11.3 Å². The average Bonchev–Trinajstić information content (AvgIpc) is 3.13. The van der Waals surface area contributed by atoms with E-state index in [2.05, 4.69) is 28.5 Å². The third-order valence-corrected chi connectivity index (χ3v) is 4.71. The second-order valence-corrected chi connectivity index (χ2v) is 6.57. The second-order valence-electron chi connectivity index (χ2n) is 5.28. The number of rotatable bonds is 5. The van der Waals surface area contributed by atoms with Crippen LogP contribution in [0.4, 0.5) is 5.69 Å². The van der Waals surface area contributed by atoms with Crippen molar-refractivity contribution in [3.05, 3.63) is 69.5 Å². The first-order valence-electron chi connectivity index (χ1n) is 7.74. The predicted octanol–water partition coefficient (Wildman–Crippen LogP) is 5.37. The Hall–Kier alpha value is -2.68. The van der Waals surface area contributed by atoms with Gasteiger partial charge in [-0.3, -0.25) is 5.43 Å². The zero-order valence-corrected chi connectivity index (χ0v) is 15.1. The minimum atomic E-state index is 0.254. The van der Waals surface area contributed by atoms with E-state index in [0.717, 1.165) is 23.4 Å². The van der Waals surface area contributed by atoms with E-state index in [1.165, 1.54) is 16.9 Å². The van der Waals surface area contributed by atoms with Gasteiger partial charge in [-0.25, -0.2) is 4.98 Å². The van der Waals surface area contributed by atoms with Gasteiger partial charge in [0.1, 0.15) is 6.07 Å². The first-order chi connectivity index (χ1) is 12.2. The molecule has 3 aromatic rings. The van der Waals surface area contributed by atoms with Crippen molar-refractivity contribution in [3.8, 4) is 17.3 Å². The van der Waals surface area contributed by atoms with Crippen LogP contribution in [-0.2, 0) is 6.42 Å². The number of nitrogens with zero attached hydrogens (tertiary/aromatic N) is 3. The Morgan fingerprint density at radius 1 is 1.20 bits per heavy atom. The normalized spacial score (nSPS) is 11.2. The van der Waals surface area contributed by atoms with Crippen molar-refractivity contribution in [2.24, 2.45) is 5.10 Å². The fourth-order valence-electron chi connectivity index (χ4n) is 2.19. The van der Waals surface area contributed by atoms with Crippen LogP contribution < -0.4 is 5.43 Å². The molecule has 0 aliphatic carbocycles. The molecule has 0 fully saturated rings. The van der Waals surface area contributed by atoms with Crippen LogP contribution in [0.1, 0.15) is 17.5 Å². The van der Waals surface area contributed by atoms with E-state index in [1.54, 1.807) is 0 Å². The standard InChI is InChI=1S/C19H15ClN4S/c1-2-13-3-9-16(10-4-13)23-24-17(11-21)19-22-18(12-25-19)14-5-7-15(20)8-6-14/h3-10,12,23H,2H2,1H3/b24-17+. The number of hydrogen-bond donors (Lipinski definition) is 1. The van der Waals surface area contributed by atoms with Gasteiger partial charge in [0.2, 0.25) is 0 Å². The van der Waals surface area contributed by atoms with Crippen LogP contribution >= 0.6 is 22.9 Å². The maximum absolute atomic E-state index is 9.38. The Bertz CT molecular complexity index is 921. The summed E-state index contributed by atoms with van der Waals surface area (Å²) in [7, 11) is 0. The molecule has 2 aromatic carbocycles. The van der Waals surface area contributed by atoms with Crippen LogP contribution in [0.5, 0.6) is 0 Å². The molecular weight excluding hydrogens is 352 g/mol. The van der Waals surface area contributed by atoms with E-state index in [-0.39, 0.29) is 5.71 Å². The fraction of sp³-hybridized carbons (Fsp3) is 0.105. The minimum Gasteiger partial charge on any atom is -0.277 e. The summed E-state index contributed by atoms with van der Waals surface area (Å²) in [5, 5.41) is 16.7. The number of hydrogen-bond acceptors (Lipinski definition) is 5. The van der Waals surface area contributed by atoms with E-state index in [9.17, 15) is 5.26 Å². The van der Waals surface area contributed by atoms with E-state index < -0.39 is 0 Å². The van der Waals surface area contributed by atoms with Crippen LogP contribution in [0.3, 0.4) is 0 Å². The molecule has 0 unspecified atom stereocenters. The van der Waals surface area contributed by atoms with E-state index in [1.807, 2.05) is 53.9 Å². The third kappa shape index (κ3) is 4.24. The van der Waals surface area contributed by atoms with Crippen LogP contribution in [0, 0.1) is 11.3 Å². The van der Waals surface area contributed by atoms with Gasteiger partial charge in [-0.1, -0.05) is 42.8 Å². The Morgan fingerprint density at radius 2 is 1.92 bits per heavy atom. The number of nitriles is 1. The number of thiazole rings is 1. The minimum absolute atomic E-state index is 0.254. The van der Waals surface area contributed by atoms with E-state index in [0.29, 0.717) is 10.0 Å². The van der Waals surface area contributed by atoms with Crippen LogP contribution in [0.15, 0.2) is 59.0 Å². The van der Waals surface area contributed by atoms with Gasteiger partial charge in [-0.2, -0.15) is 10.4 Å². The molecule has 1 aromatic heterocycles. The molecule has 0 aliphatic rings. The van der Waals surface area contributed by atoms with Gasteiger partial charge in [0.25, 0.3) is 0 Å². The number of anilines is 1. The number of halogens is 1. The molecule has 0 spiro atoms. The summed E-state index contributed by atoms with van der Waals surface area (Å²) in [6.45, 7) is 2.11. The highest BCUT2D eigenvalue weighted by molar-refractivity contribution is 7.12. The molecule has 0 radical (unpaired) electrons. The Kier molecular flexibility index (Phi) is 5.44. The van der Waals surface area contributed by atoms with E-state index >= 15 is 0 Å². The number of hydrazone groups is 1. The lowest BCUT2D eigenvalue weighted by Gasteiger charge is -2.02. The summed E-state index contributed by atoms with van der Waals surface area (Å²) in [6.07, 6.45) is 0.986. The summed E-state index contributed by atoms with van der Waals surface area (Å²) in [5.41, 5.74) is 7.01. The number of nitrogens with one attached hydrogen (secondary N) is 1. The summed E-state index contributed by atoms with van der Waals surface area (Å²) in [4.78, 5) is 4.50. The Morgan fingerprint density at radius 3 is 2.56 bits per heavy atom. The van der Waals surface area contributed by atoms with Crippen molar-refractivity contribution in [2.45, 2.75) is 13.3 Å². The summed E-state index contributed by atoms with van der Waals surface area (Å²) in [6, 6.07) is 17.5. The third-order valence-electron chi connectivity index (χ3n) is 3.61. The molecule has 124 valence electrons. The van der Waals surface area contributed by atoms with Gasteiger partial charge < -0.3 is 0 Å². The highest BCUT2D eigenvalue weighted by atomic mass is 35.5. The predicted molar refractivity (Wildman–Crippen MR) is 104 cm³/mol. The fourth-order valence-corrected chi connectivity index (χ4v) is 3.08. The molecule has 1 N–H and O–H groups in total.